The number of aromatic nitrogens is 1. The van der Waals surface area contributed by atoms with Crippen molar-refractivity contribution in [3.8, 4) is 0 Å². The lowest BCUT2D eigenvalue weighted by Crippen LogP contribution is -2.50. The number of hydrogen-bond donors (Lipinski definition) is 0. The molecule has 1 aromatic rings. The molecule has 1 aromatic heterocycles. The Morgan fingerprint density at radius 3 is 2.76 bits per heavy atom. The first-order chi connectivity index (χ1) is 10.3. The average Bonchev–Trinajstić information content (AvgIpc) is 3.09. The van der Waals surface area contributed by atoms with Gasteiger partial charge in [0.2, 0.25) is 5.91 Å². The highest BCUT2D eigenvalue weighted by molar-refractivity contribution is 5.79. The lowest BCUT2D eigenvalue weighted by Gasteiger charge is -2.39. The number of hydrogen-bond acceptors (Lipinski definition) is 3. The van der Waals surface area contributed by atoms with Gasteiger partial charge in [-0.15, -0.1) is 0 Å². The third-order valence-electron chi connectivity index (χ3n) is 4.97. The maximum atomic E-state index is 12.6. The SMILES string of the molecule is CN(C(=O)C1CCCC1)[C@H]1CCCN(c2ccccn2)C1. The molecule has 0 spiro atoms. The summed E-state index contributed by atoms with van der Waals surface area (Å²) in [5, 5.41) is 0. The Balaban J connectivity index is 1.64. The predicted molar refractivity (Wildman–Crippen MR) is 84.2 cm³/mol. The first-order valence-electron chi connectivity index (χ1n) is 8.18. The van der Waals surface area contributed by atoms with Crippen molar-refractivity contribution in [2.75, 3.05) is 25.0 Å². The van der Waals surface area contributed by atoms with Gasteiger partial charge in [-0.2, -0.15) is 0 Å². The third kappa shape index (κ3) is 3.20. The summed E-state index contributed by atoms with van der Waals surface area (Å²) < 4.78 is 0. The van der Waals surface area contributed by atoms with Crippen LogP contribution in [0.5, 0.6) is 0 Å². The normalized spacial score (nSPS) is 23.3. The van der Waals surface area contributed by atoms with Crippen molar-refractivity contribution in [3.05, 3.63) is 24.4 Å². The molecule has 4 nitrogen and oxygen atoms in total. The van der Waals surface area contributed by atoms with Crippen LogP contribution in [-0.4, -0.2) is 42.0 Å². The minimum atomic E-state index is 0.278. The van der Waals surface area contributed by atoms with E-state index in [2.05, 4.69) is 16.0 Å². The molecule has 0 unspecified atom stereocenters. The van der Waals surface area contributed by atoms with Gasteiger partial charge in [0.25, 0.3) is 0 Å². The van der Waals surface area contributed by atoms with Crippen molar-refractivity contribution in [2.45, 2.75) is 44.6 Å². The third-order valence-corrected chi connectivity index (χ3v) is 4.97. The van der Waals surface area contributed by atoms with Crippen LogP contribution < -0.4 is 4.90 Å². The largest absolute Gasteiger partial charge is 0.355 e. The van der Waals surface area contributed by atoms with Gasteiger partial charge in [-0.3, -0.25) is 4.79 Å². The summed E-state index contributed by atoms with van der Waals surface area (Å²) in [6.45, 7) is 1.95. The Labute approximate surface area is 127 Å². The number of nitrogens with zero attached hydrogens (tertiary/aromatic N) is 3. The Kier molecular flexibility index (Phi) is 4.42. The van der Waals surface area contributed by atoms with Crippen LogP contribution in [-0.2, 0) is 4.79 Å². The van der Waals surface area contributed by atoms with E-state index in [4.69, 9.17) is 0 Å². The van der Waals surface area contributed by atoms with Crippen molar-refractivity contribution in [3.63, 3.8) is 0 Å². The second-order valence-corrected chi connectivity index (χ2v) is 6.36. The Morgan fingerprint density at radius 1 is 1.24 bits per heavy atom. The molecule has 4 heteroatoms. The molecule has 0 N–H and O–H groups in total. The molecule has 2 heterocycles. The number of rotatable bonds is 3. The van der Waals surface area contributed by atoms with E-state index in [1.807, 2.05) is 30.3 Å². The highest BCUT2D eigenvalue weighted by Crippen LogP contribution is 2.28. The van der Waals surface area contributed by atoms with Gasteiger partial charge >= 0.3 is 0 Å². The molecule has 114 valence electrons. The highest BCUT2D eigenvalue weighted by atomic mass is 16.2. The fourth-order valence-corrected chi connectivity index (χ4v) is 3.66. The number of carbonyl (C=O) groups excluding carboxylic acids is 1. The van der Waals surface area contributed by atoms with E-state index in [9.17, 15) is 4.79 Å². The summed E-state index contributed by atoms with van der Waals surface area (Å²) in [5.74, 6) is 1.67. The monoisotopic (exact) mass is 287 g/mol. The van der Waals surface area contributed by atoms with Crippen LogP contribution in [0.4, 0.5) is 5.82 Å². The van der Waals surface area contributed by atoms with Crippen LogP contribution in [0.15, 0.2) is 24.4 Å². The Morgan fingerprint density at radius 2 is 2.05 bits per heavy atom. The predicted octanol–water partition coefficient (Wildman–Crippen LogP) is 2.70. The van der Waals surface area contributed by atoms with E-state index < -0.39 is 0 Å². The second kappa shape index (κ2) is 6.46. The summed E-state index contributed by atoms with van der Waals surface area (Å²) in [6, 6.07) is 6.36. The van der Waals surface area contributed by atoms with Gasteiger partial charge < -0.3 is 9.80 Å². The van der Waals surface area contributed by atoms with E-state index in [0.717, 1.165) is 44.6 Å². The van der Waals surface area contributed by atoms with Gasteiger partial charge in [-0.1, -0.05) is 18.9 Å². The first kappa shape index (κ1) is 14.4. The van der Waals surface area contributed by atoms with Gasteiger partial charge in [-0.25, -0.2) is 4.98 Å². The summed E-state index contributed by atoms with van der Waals surface area (Å²) in [4.78, 5) is 21.4. The molecule has 1 aliphatic carbocycles. The molecule has 1 aliphatic heterocycles. The van der Waals surface area contributed by atoms with E-state index >= 15 is 0 Å². The molecular weight excluding hydrogens is 262 g/mol. The number of piperidine rings is 1. The van der Waals surface area contributed by atoms with Crippen LogP contribution in [0.2, 0.25) is 0 Å². The van der Waals surface area contributed by atoms with E-state index in [-0.39, 0.29) is 5.92 Å². The molecule has 1 saturated carbocycles. The topological polar surface area (TPSA) is 36.4 Å². The molecule has 0 radical (unpaired) electrons. The summed E-state index contributed by atoms with van der Waals surface area (Å²) in [5.41, 5.74) is 0. The number of likely N-dealkylation sites (N-methyl/N-ethyl adjacent to an activating group) is 1. The fraction of sp³-hybridized carbons (Fsp3) is 0.647. The lowest BCUT2D eigenvalue weighted by atomic mass is 10.0. The summed E-state index contributed by atoms with van der Waals surface area (Å²) in [6.07, 6.45) is 8.68. The van der Waals surface area contributed by atoms with E-state index in [1.54, 1.807) is 0 Å². The molecule has 1 amide bonds. The van der Waals surface area contributed by atoms with Crippen LogP contribution in [0, 0.1) is 5.92 Å². The Hall–Kier alpha value is -1.58. The molecule has 2 aliphatic rings. The molecule has 1 atom stereocenters. The van der Waals surface area contributed by atoms with Gasteiger partial charge in [0.15, 0.2) is 0 Å². The van der Waals surface area contributed by atoms with Crippen LogP contribution >= 0.6 is 0 Å². The smallest absolute Gasteiger partial charge is 0.225 e. The van der Waals surface area contributed by atoms with Gasteiger partial charge in [0.05, 0.1) is 0 Å². The fourth-order valence-electron chi connectivity index (χ4n) is 3.66. The summed E-state index contributed by atoms with van der Waals surface area (Å²) in [7, 11) is 1.99. The minimum absolute atomic E-state index is 0.278. The zero-order valence-electron chi connectivity index (χ0n) is 12.9. The molecule has 0 aromatic carbocycles. The van der Waals surface area contributed by atoms with Crippen molar-refractivity contribution < 1.29 is 4.79 Å². The van der Waals surface area contributed by atoms with Crippen molar-refractivity contribution in [1.82, 2.24) is 9.88 Å². The van der Waals surface area contributed by atoms with Crippen molar-refractivity contribution in [1.29, 1.82) is 0 Å². The molecular formula is C17H25N3O. The number of pyridine rings is 1. The van der Waals surface area contributed by atoms with Crippen LogP contribution in [0.25, 0.3) is 0 Å². The van der Waals surface area contributed by atoms with Crippen molar-refractivity contribution in [2.24, 2.45) is 5.92 Å². The maximum absolute atomic E-state index is 12.6. The van der Waals surface area contributed by atoms with Crippen LogP contribution in [0.3, 0.4) is 0 Å². The molecule has 2 fully saturated rings. The van der Waals surface area contributed by atoms with Crippen LogP contribution in [0.1, 0.15) is 38.5 Å². The first-order valence-corrected chi connectivity index (χ1v) is 8.18. The maximum Gasteiger partial charge on any atom is 0.225 e. The standard InChI is InChI=1S/C17H25N3O/c1-19(17(21)14-7-2-3-8-14)15-9-6-12-20(13-15)16-10-4-5-11-18-16/h4-5,10-11,14-15H,2-3,6-9,12-13H2,1H3/t15-/m0/s1. The average molecular weight is 287 g/mol. The van der Waals surface area contributed by atoms with E-state index in [0.29, 0.717) is 11.9 Å². The minimum Gasteiger partial charge on any atom is -0.355 e. The van der Waals surface area contributed by atoms with E-state index in [1.165, 1.54) is 12.8 Å². The van der Waals surface area contributed by atoms with Gasteiger partial charge in [0.1, 0.15) is 5.82 Å². The molecule has 3 rings (SSSR count). The zero-order chi connectivity index (χ0) is 14.7. The zero-order valence-corrected chi connectivity index (χ0v) is 12.9. The number of carbonyl (C=O) groups is 1. The molecule has 21 heavy (non-hydrogen) atoms. The number of anilines is 1. The molecule has 0 bridgehead atoms. The van der Waals surface area contributed by atoms with Crippen molar-refractivity contribution >= 4 is 11.7 Å². The lowest BCUT2D eigenvalue weighted by molar-refractivity contribution is -0.136. The second-order valence-electron chi connectivity index (χ2n) is 6.36. The highest BCUT2D eigenvalue weighted by Gasteiger charge is 2.31. The van der Waals surface area contributed by atoms with Gasteiger partial charge in [-0.05, 0) is 37.8 Å². The number of amides is 1. The summed E-state index contributed by atoms with van der Waals surface area (Å²) >= 11 is 0. The van der Waals surface area contributed by atoms with Gasteiger partial charge in [0, 0.05) is 38.3 Å². The Bertz CT molecular complexity index is 470. The molecule has 1 saturated heterocycles. The quantitative estimate of drug-likeness (QED) is 0.857.